The van der Waals surface area contributed by atoms with Crippen LogP contribution in [0.3, 0.4) is 0 Å². The lowest BCUT2D eigenvalue weighted by Gasteiger charge is -2.07. The van der Waals surface area contributed by atoms with Gasteiger partial charge in [-0.1, -0.05) is 6.92 Å². The van der Waals surface area contributed by atoms with Crippen LogP contribution in [0.15, 0.2) is 0 Å². The van der Waals surface area contributed by atoms with Crippen LogP contribution in [0.1, 0.15) is 32.6 Å². The van der Waals surface area contributed by atoms with Gasteiger partial charge in [-0.15, -0.1) is 0 Å². The summed E-state index contributed by atoms with van der Waals surface area (Å²) in [5.41, 5.74) is 0. The summed E-state index contributed by atoms with van der Waals surface area (Å²) in [5, 5.41) is 2.95. The molecule has 0 radical (unpaired) electrons. The van der Waals surface area contributed by atoms with Gasteiger partial charge < -0.3 is 5.32 Å². The summed E-state index contributed by atoms with van der Waals surface area (Å²) >= 11 is 0. The number of hydrogen-bond acceptors (Lipinski definition) is 5. The highest BCUT2D eigenvalue weighted by atomic mass is 17.2. The Bertz CT molecular complexity index is 211. The molecule has 0 amide bonds. The van der Waals surface area contributed by atoms with Crippen LogP contribution >= 0.6 is 0 Å². The van der Waals surface area contributed by atoms with Crippen LogP contribution in [-0.2, 0) is 19.4 Å². The minimum absolute atomic E-state index is 0.269. The van der Waals surface area contributed by atoms with Crippen molar-refractivity contribution < 1.29 is 19.4 Å². The maximum Gasteiger partial charge on any atom is 0.372 e. The smallest absolute Gasteiger partial charge is 0.304 e. The van der Waals surface area contributed by atoms with E-state index >= 15 is 0 Å². The number of hydrogen-bond donors (Lipinski definition) is 1. The molecule has 0 aliphatic carbocycles. The Morgan fingerprint density at radius 2 is 2.21 bits per heavy atom. The molecule has 1 aliphatic heterocycles. The van der Waals surface area contributed by atoms with Gasteiger partial charge in [-0.05, 0) is 25.8 Å². The maximum absolute atomic E-state index is 11.2. The van der Waals surface area contributed by atoms with Gasteiger partial charge in [0, 0.05) is 6.42 Å². The summed E-state index contributed by atoms with van der Waals surface area (Å²) in [6, 6.07) is -0.315. The molecule has 0 aromatic rings. The molecule has 0 spiro atoms. The third-order valence-corrected chi connectivity index (χ3v) is 2.02. The highest BCUT2D eigenvalue weighted by Gasteiger charge is 2.25. The fourth-order valence-electron chi connectivity index (χ4n) is 1.28. The Hall–Kier alpha value is -1.10. The molecule has 0 aromatic heterocycles. The van der Waals surface area contributed by atoms with E-state index in [1.807, 2.05) is 6.92 Å². The third kappa shape index (κ3) is 3.33. The van der Waals surface area contributed by atoms with Gasteiger partial charge in [0.25, 0.3) is 0 Å². The summed E-state index contributed by atoms with van der Waals surface area (Å²) in [4.78, 5) is 30.8. The van der Waals surface area contributed by atoms with Gasteiger partial charge >= 0.3 is 11.9 Å². The zero-order chi connectivity index (χ0) is 10.4. The molecule has 1 fully saturated rings. The lowest BCUT2D eigenvalue weighted by Crippen LogP contribution is -2.32. The highest BCUT2D eigenvalue weighted by molar-refractivity contribution is 5.77. The molecule has 0 saturated carbocycles. The van der Waals surface area contributed by atoms with Gasteiger partial charge in [0.05, 0.1) is 0 Å². The second kappa shape index (κ2) is 5.59. The lowest BCUT2D eigenvalue weighted by molar-refractivity contribution is -0.260. The first kappa shape index (κ1) is 11.0. The summed E-state index contributed by atoms with van der Waals surface area (Å²) < 4.78 is 0. The minimum Gasteiger partial charge on any atom is -0.304 e. The maximum atomic E-state index is 11.2. The van der Waals surface area contributed by atoms with Crippen LogP contribution in [-0.4, -0.2) is 24.5 Å². The van der Waals surface area contributed by atoms with Gasteiger partial charge in [0.2, 0.25) is 0 Å². The zero-order valence-corrected chi connectivity index (χ0v) is 8.25. The minimum atomic E-state index is -0.507. The van der Waals surface area contributed by atoms with Crippen molar-refractivity contribution in [2.75, 3.05) is 6.54 Å². The first-order valence-electron chi connectivity index (χ1n) is 4.88. The Morgan fingerprint density at radius 1 is 1.43 bits per heavy atom. The number of carbonyl (C=O) groups is 2. The molecule has 5 nitrogen and oxygen atoms in total. The van der Waals surface area contributed by atoms with Crippen LogP contribution in [0.4, 0.5) is 0 Å². The molecule has 80 valence electrons. The van der Waals surface area contributed by atoms with E-state index in [4.69, 9.17) is 0 Å². The standard InChI is InChI=1S/C9H15NO4/c1-2-4-8(11)13-14-9(12)7-5-3-6-10-7/h7,10H,2-6H2,1H3. The molecule has 1 rings (SSSR count). The molecule has 1 saturated heterocycles. The predicted molar refractivity (Wildman–Crippen MR) is 48.1 cm³/mol. The number of rotatable bonds is 3. The van der Waals surface area contributed by atoms with E-state index in [1.54, 1.807) is 0 Å². The molecular weight excluding hydrogens is 186 g/mol. The van der Waals surface area contributed by atoms with Crippen molar-refractivity contribution in [3.05, 3.63) is 0 Å². The van der Waals surface area contributed by atoms with E-state index in [0.29, 0.717) is 6.42 Å². The van der Waals surface area contributed by atoms with Crippen molar-refractivity contribution >= 4 is 11.9 Å². The number of carbonyl (C=O) groups excluding carboxylic acids is 2. The summed E-state index contributed by atoms with van der Waals surface area (Å²) in [7, 11) is 0. The first-order valence-corrected chi connectivity index (χ1v) is 4.88. The van der Waals surface area contributed by atoms with Crippen molar-refractivity contribution in [1.82, 2.24) is 5.32 Å². The zero-order valence-electron chi connectivity index (χ0n) is 8.25. The highest BCUT2D eigenvalue weighted by Crippen LogP contribution is 2.06. The third-order valence-electron chi connectivity index (χ3n) is 2.02. The Labute approximate surface area is 82.7 Å². The Kier molecular flexibility index (Phi) is 4.39. The van der Waals surface area contributed by atoms with E-state index in [0.717, 1.165) is 19.4 Å². The quantitative estimate of drug-likeness (QED) is 0.533. The molecule has 1 unspecified atom stereocenters. The van der Waals surface area contributed by atoms with E-state index in [1.165, 1.54) is 0 Å². The first-order chi connectivity index (χ1) is 6.74. The average Bonchev–Trinajstić information content (AvgIpc) is 2.67. The van der Waals surface area contributed by atoms with Gasteiger partial charge in [0.15, 0.2) is 0 Å². The molecular formula is C9H15NO4. The van der Waals surface area contributed by atoms with Crippen molar-refractivity contribution in [1.29, 1.82) is 0 Å². The van der Waals surface area contributed by atoms with Crippen LogP contribution in [0, 0.1) is 0 Å². The van der Waals surface area contributed by atoms with Gasteiger partial charge in [-0.2, -0.15) is 0 Å². The summed E-state index contributed by atoms with van der Waals surface area (Å²) in [6.07, 6.45) is 2.64. The molecule has 14 heavy (non-hydrogen) atoms. The molecule has 1 N–H and O–H groups in total. The van der Waals surface area contributed by atoms with Gasteiger partial charge in [0.1, 0.15) is 6.04 Å². The molecule has 5 heteroatoms. The molecule has 1 heterocycles. The second-order valence-electron chi connectivity index (χ2n) is 3.26. The Morgan fingerprint density at radius 3 is 2.79 bits per heavy atom. The van der Waals surface area contributed by atoms with Crippen LogP contribution in [0.2, 0.25) is 0 Å². The second-order valence-corrected chi connectivity index (χ2v) is 3.26. The van der Waals surface area contributed by atoms with Crippen molar-refractivity contribution in [2.24, 2.45) is 0 Å². The normalized spacial score (nSPS) is 20.5. The van der Waals surface area contributed by atoms with Gasteiger partial charge in [-0.3, -0.25) is 0 Å². The molecule has 0 aromatic carbocycles. The van der Waals surface area contributed by atoms with E-state index in [9.17, 15) is 9.59 Å². The monoisotopic (exact) mass is 201 g/mol. The fraction of sp³-hybridized carbons (Fsp3) is 0.778. The SMILES string of the molecule is CCCC(=O)OOC(=O)C1CCCN1. The average molecular weight is 201 g/mol. The van der Waals surface area contributed by atoms with Crippen LogP contribution < -0.4 is 5.32 Å². The summed E-state index contributed by atoms with van der Waals surface area (Å²) in [5.74, 6) is -1.01. The van der Waals surface area contributed by atoms with E-state index < -0.39 is 11.9 Å². The fourth-order valence-corrected chi connectivity index (χ4v) is 1.28. The van der Waals surface area contributed by atoms with Gasteiger partial charge in [-0.25, -0.2) is 19.4 Å². The van der Waals surface area contributed by atoms with Crippen molar-refractivity contribution in [2.45, 2.75) is 38.6 Å². The number of nitrogens with one attached hydrogen (secondary N) is 1. The van der Waals surface area contributed by atoms with Crippen molar-refractivity contribution in [3.63, 3.8) is 0 Å². The summed E-state index contributed by atoms with van der Waals surface area (Å²) in [6.45, 7) is 2.66. The van der Waals surface area contributed by atoms with Crippen LogP contribution in [0.25, 0.3) is 0 Å². The van der Waals surface area contributed by atoms with E-state index in [-0.39, 0.29) is 12.5 Å². The van der Waals surface area contributed by atoms with Crippen molar-refractivity contribution in [3.8, 4) is 0 Å². The topological polar surface area (TPSA) is 64.6 Å². The molecule has 1 atom stereocenters. The lowest BCUT2D eigenvalue weighted by atomic mass is 10.2. The Balaban J connectivity index is 2.17. The van der Waals surface area contributed by atoms with Crippen LogP contribution in [0.5, 0.6) is 0 Å². The van der Waals surface area contributed by atoms with E-state index in [2.05, 4.69) is 15.1 Å². The molecule has 0 bridgehead atoms. The molecule has 1 aliphatic rings. The largest absolute Gasteiger partial charge is 0.372 e. The predicted octanol–water partition coefficient (Wildman–Crippen LogP) is 0.540.